The van der Waals surface area contributed by atoms with Crippen LogP contribution >= 0.6 is 0 Å². The highest BCUT2D eigenvalue weighted by molar-refractivity contribution is 5.79. The van der Waals surface area contributed by atoms with Crippen molar-refractivity contribution in [3.63, 3.8) is 0 Å². The third-order valence-corrected chi connectivity index (χ3v) is 5.08. The van der Waals surface area contributed by atoms with E-state index in [1.54, 1.807) is 13.4 Å². The molecule has 0 saturated carbocycles. The molecule has 2 N–H and O–H groups in total. The fraction of sp³-hybridized carbons (Fsp3) is 0.600. The molecule has 0 aliphatic carbocycles. The van der Waals surface area contributed by atoms with Crippen molar-refractivity contribution < 1.29 is 0 Å². The van der Waals surface area contributed by atoms with Gasteiger partial charge in [0.2, 0.25) is 0 Å². The van der Waals surface area contributed by atoms with E-state index in [0.29, 0.717) is 6.54 Å². The number of anilines is 1. The van der Waals surface area contributed by atoms with E-state index in [1.807, 2.05) is 6.20 Å². The number of aliphatic imine (C=N–C) groups is 1. The van der Waals surface area contributed by atoms with E-state index in [1.165, 1.54) is 25.7 Å². The summed E-state index contributed by atoms with van der Waals surface area (Å²) < 4.78 is 2.06. The van der Waals surface area contributed by atoms with E-state index in [9.17, 15) is 0 Å². The number of aryl methyl sites for hydroxylation is 1. The second-order valence-electron chi connectivity index (χ2n) is 7.07. The minimum Gasteiger partial charge on any atom is -0.357 e. The molecule has 0 amide bonds. The Hall–Kier alpha value is -2.64. The Morgan fingerprint density at radius 2 is 1.96 bits per heavy atom. The van der Waals surface area contributed by atoms with Gasteiger partial charge in [0.1, 0.15) is 18.0 Å². The van der Waals surface area contributed by atoms with Gasteiger partial charge in [-0.1, -0.05) is 25.8 Å². The second kappa shape index (κ2) is 10.6. The third kappa shape index (κ3) is 5.68. The number of aromatic nitrogens is 4. The van der Waals surface area contributed by atoms with Gasteiger partial charge < -0.3 is 20.1 Å². The number of rotatable bonds is 7. The summed E-state index contributed by atoms with van der Waals surface area (Å²) in [5.41, 5.74) is 1.15. The van der Waals surface area contributed by atoms with Gasteiger partial charge in [0.25, 0.3) is 0 Å². The summed E-state index contributed by atoms with van der Waals surface area (Å²) in [6, 6.07) is 4.29. The summed E-state index contributed by atoms with van der Waals surface area (Å²) in [7, 11) is 1.78. The topological polar surface area (TPSA) is 83.3 Å². The van der Waals surface area contributed by atoms with Crippen molar-refractivity contribution in [3.8, 4) is 0 Å². The maximum absolute atomic E-state index is 4.67. The zero-order valence-electron chi connectivity index (χ0n) is 17.1. The van der Waals surface area contributed by atoms with E-state index >= 15 is 0 Å². The maximum Gasteiger partial charge on any atom is 0.191 e. The summed E-state index contributed by atoms with van der Waals surface area (Å²) in [5.74, 6) is 2.87. The molecule has 3 heterocycles. The number of hydrogen-bond acceptors (Lipinski definition) is 5. The molecule has 0 spiro atoms. The van der Waals surface area contributed by atoms with Crippen LogP contribution in [-0.4, -0.2) is 52.4 Å². The Labute approximate surface area is 167 Å². The first-order valence-electron chi connectivity index (χ1n) is 10.3. The largest absolute Gasteiger partial charge is 0.357 e. The number of nitrogens with one attached hydrogen (secondary N) is 2. The number of nitrogens with zero attached hydrogens (tertiary/aromatic N) is 6. The Bertz CT molecular complexity index is 729. The standard InChI is InChI=1S/C20H32N8/c1-3-18-26-25-16-28(18)13-10-22-20(21-2)24-15-17-8-9-19(23-14-17)27-11-6-4-5-7-12-27/h8-9,14,16H,3-7,10-13,15H2,1-2H3,(H2,21,22,24). The molecule has 8 nitrogen and oxygen atoms in total. The van der Waals surface area contributed by atoms with Gasteiger partial charge >= 0.3 is 0 Å². The highest BCUT2D eigenvalue weighted by Crippen LogP contribution is 2.17. The third-order valence-electron chi connectivity index (χ3n) is 5.08. The molecule has 0 unspecified atom stereocenters. The van der Waals surface area contributed by atoms with Gasteiger partial charge in [0, 0.05) is 52.4 Å². The monoisotopic (exact) mass is 384 g/mol. The minimum absolute atomic E-state index is 0.694. The van der Waals surface area contributed by atoms with Gasteiger partial charge in [0.05, 0.1) is 0 Å². The van der Waals surface area contributed by atoms with Crippen molar-refractivity contribution in [1.29, 1.82) is 0 Å². The molecule has 2 aromatic heterocycles. The maximum atomic E-state index is 4.67. The SMILES string of the molecule is CCc1nncn1CCNC(=NC)NCc1ccc(N2CCCCCC2)nc1. The van der Waals surface area contributed by atoms with Gasteiger partial charge in [-0.3, -0.25) is 4.99 Å². The highest BCUT2D eigenvalue weighted by Gasteiger charge is 2.10. The van der Waals surface area contributed by atoms with Crippen molar-refractivity contribution in [2.75, 3.05) is 31.6 Å². The van der Waals surface area contributed by atoms with Crippen LogP contribution in [0.15, 0.2) is 29.6 Å². The number of pyridine rings is 1. The van der Waals surface area contributed by atoms with E-state index in [-0.39, 0.29) is 0 Å². The molecule has 1 fully saturated rings. The Morgan fingerprint density at radius 1 is 1.14 bits per heavy atom. The number of hydrogen-bond donors (Lipinski definition) is 2. The van der Waals surface area contributed by atoms with Crippen LogP contribution in [0, 0.1) is 0 Å². The van der Waals surface area contributed by atoms with Crippen LogP contribution < -0.4 is 15.5 Å². The highest BCUT2D eigenvalue weighted by atomic mass is 15.3. The molecule has 3 rings (SSSR count). The summed E-state index contributed by atoms with van der Waals surface area (Å²) in [4.78, 5) is 11.4. The van der Waals surface area contributed by atoms with Gasteiger partial charge in [-0.05, 0) is 24.5 Å². The van der Waals surface area contributed by atoms with Crippen LogP contribution in [0.4, 0.5) is 5.82 Å². The van der Waals surface area contributed by atoms with Gasteiger partial charge in [0.15, 0.2) is 5.96 Å². The zero-order chi connectivity index (χ0) is 19.6. The van der Waals surface area contributed by atoms with Crippen molar-refractivity contribution in [2.24, 2.45) is 4.99 Å². The Morgan fingerprint density at radius 3 is 2.64 bits per heavy atom. The molecule has 1 aliphatic heterocycles. The lowest BCUT2D eigenvalue weighted by Crippen LogP contribution is -2.38. The van der Waals surface area contributed by atoms with Crippen LogP contribution in [0.2, 0.25) is 0 Å². The fourth-order valence-electron chi connectivity index (χ4n) is 3.45. The molecule has 28 heavy (non-hydrogen) atoms. The molecule has 1 saturated heterocycles. The lowest BCUT2D eigenvalue weighted by molar-refractivity contribution is 0.632. The summed E-state index contributed by atoms with van der Waals surface area (Å²) >= 11 is 0. The van der Waals surface area contributed by atoms with Crippen LogP contribution in [0.25, 0.3) is 0 Å². The Kier molecular flexibility index (Phi) is 7.63. The smallest absolute Gasteiger partial charge is 0.191 e. The van der Waals surface area contributed by atoms with Gasteiger partial charge in [-0.25, -0.2) is 4.98 Å². The molecule has 1 aliphatic rings. The van der Waals surface area contributed by atoms with Crippen molar-refractivity contribution in [1.82, 2.24) is 30.4 Å². The van der Waals surface area contributed by atoms with Crippen LogP contribution in [0.1, 0.15) is 44.0 Å². The summed E-state index contributed by atoms with van der Waals surface area (Å²) in [6.07, 6.45) is 9.82. The van der Waals surface area contributed by atoms with E-state index in [4.69, 9.17) is 0 Å². The second-order valence-corrected chi connectivity index (χ2v) is 7.07. The zero-order valence-corrected chi connectivity index (χ0v) is 17.1. The molecular formula is C20H32N8. The molecule has 0 atom stereocenters. The van der Waals surface area contributed by atoms with Gasteiger partial charge in [-0.2, -0.15) is 0 Å². The van der Waals surface area contributed by atoms with Crippen LogP contribution in [0.3, 0.4) is 0 Å². The normalized spacial score (nSPS) is 15.4. The average Bonchev–Trinajstić information content (AvgIpc) is 3.01. The first-order chi connectivity index (χ1) is 13.8. The van der Waals surface area contributed by atoms with Gasteiger partial charge in [-0.15, -0.1) is 10.2 Å². The van der Waals surface area contributed by atoms with Crippen LogP contribution in [-0.2, 0) is 19.5 Å². The molecule has 8 heteroatoms. The number of guanidine groups is 1. The molecule has 0 aromatic carbocycles. The van der Waals surface area contributed by atoms with Crippen molar-refractivity contribution >= 4 is 11.8 Å². The first kappa shape index (κ1) is 20.1. The predicted octanol–water partition coefficient (Wildman–Crippen LogP) is 1.98. The van der Waals surface area contributed by atoms with Crippen molar-refractivity contribution in [3.05, 3.63) is 36.0 Å². The first-order valence-corrected chi connectivity index (χ1v) is 10.3. The molecule has 152 valence electrons. The van der Waals surface area contributed by atoms with E-state index in [0.717, 1.165) is 55.8 Å². The molecular weight excluding hydrogens is 352 g/mol. The van der Waals surface area contributed by atoms with Crippen molar-refractivity contribution in [2.45, 2.75) is 52.1 Å². The van der Waals surface area contributed by atoms with E-state index < -0.39 is 0 Å². The molecule has 0 radical (unpaired) electrons. The molecule has 0 bridgehead atoms. The quantitative estimate of drug-likeness (QED) is 0.561. The lowest BCUT2D eigenvalue weighted by atomic mass is 10.2. The van der Waals surface area contributed by atoms with E-state index in [2.05, 4.69) is 59.3 Å². The van der Waals surface area contributed by atoms with Crippen LogP contribution in [0.5, 0.6) is 0 Å². The fourth-order valence-corrected chi connectivity index (χ4v) is 3.45. The Balaban J connectivity index is 1.44. The predicted molar refractivity (Wildman–Crippen MR) is 113 cm³/mol. The minimum atomic E-state index is 0.694. The lowest BCUT2D eigenvalue weighted by Gasteiger charge is -2.21. The average molecular weight is 385 g/mol. The summed E-state index contributed by atoms with van der Waals surface area (Å²) in [5, 5.41) is 14.7. The molecule has 2 aromatic rings. The summed E-state index contributed by atoms with van der Waals surface area (Å²) in [6.45, 7) is 6.58.